The van der Waals surface area contributed by atoms with Crippen molar-refractivity contribution < 1.29 is 14.3 Å². The van der Waals surface area contributed by atoms with E-state index in [1.807, 2.05) is 24.1 Å². The maximum atomic E-state index is 11.8. The Hall–Kier alpha value is -1.85. The Bertz CT molecular complexity index is 720. The highest BCUT2D eigenvalue weighted by atomic mass is 16.5. The van der Waals surface area contributed by atoms with Crippen LogP contribution < -0.4 is 10.4 Å². The molecule has 0 radical (unpaired) electrons. The van der Waals surface area contributed by atoms with Gasteiger partial charge in [0, 0.05) is 30.6 Å². The molecular weight excluding hydrogens is 282 g/mol. The average Bonchev–Trinajstić information content (AvgIpc) is 3.30. The number of nitrogens with zero attached hydrogens (tertiary/aromatic N) is 1. The third-order valence-electron chi connectivity index (χ3n) is 4.14. The Labute approximate surface area is 129 Å². The van der Waals surface area contributed by atoms with Crippen molar-refractivity contribution >= 4 is 11.0 Å². The zero-order chi connectivity index (χ0) is 15.7. The highest BCUT2D eigenvalue weighted by Gasteiger charge is 2.30. The summed E-state index contributed by atoms with van der Waals surface area (Å²) >= 11 is 0. The van der Waals surface area contributed by atoms with E-state index in [2.05, 4.69) is 0 Å². The predicted octanol–water partition coefficient (Wildman–Crippen LogP) is 2.00. The van der Waals surface area contributed by atoms with Crippen molar-refractivity contribution in [2.75, 3.05) is 20.7 Å². The molecule has 1 aromatic heterocycles. The van der Waals surface area contributed by atoms with Gasteiger partial charge in [0.05, 0.1) is 13.2 Å². The first-order valence-corrected chi connectivity index (χ1v) is 7.54. The van der Waals surface area contributed by atoms with Crippen LogP contribution in [0, 0.1) is 5.92 Å². The van der Waals surface area contributed by atoms with Gasteiger partial charge in [0.1, 0.15) is 11.3 Å². The molecule has 1 unspecified atom stereocenters. The number of hydrogen-bond acceptors (Lipinski definition) is 5. The first-order chi connectivity index (χ1) is 10.6. The highest BCUT2D eigenvalue weighted by Crippen LogP contribution is 2.33. The first kappa shape index (κ1) is 15.1. The molecule has 0 amide bonds. The fourth-order valence-electron chi connectivity index (χ4n) is 2.77. The van der Waals surface area contributed by atoms with Crippen molar-refractivity contribution in [3.05, 3.63) is 40.2 Å². The molecule has 5 heteroatoms. The lowest BCUT2D eigenvalue weighted by atomic mass is 10.1. The minimum Gasteiger partial charge on any atom is -0.497 e. The van der Waals surface area contributed by atoms with Gasteiger partial charge < -0.3 is 14.3 Å². The van der Waals surface area contributed by atoms with Crippen molar-refractivity contribution in [2.45, 2.75) is 25.5 Å². The van der Waals surface area contributed by atoms with E-state index in [4.69, 9.17) is 9.15 Å². The van der Waals surface area contributed by atoms with Gasteiger partial charge in [-0.3, -0.25) is 4.90 Å². The molecule has 0 aliphatic heterocycles. The van der Waals surface area contributed by atoms with Crippen LogP contribution in [-0.4, -0.2) is 36.8 Å². The lowest BCUT2D eigenvalue weighted by Gasteiger charge is -2.21. The number of methoxy groups -OCH3 is 1. The number of fused-ring (bicyclic) bond motifs is 1. The topological polar surface area (TPSA) is 62.9 Å². The summed E-state index contributed by atoms with van der Waals surface area (Å²) in [7, 11) is 3.53. The predicted molar refractivity (Wildman–Crippen MR) is 84.1 cm³/mol. The van der Waals surface area contributed by atoms with E-state index in [-0.39, 0.29) is 11.7 Å². The van der Waals surface area contributed by atoms with Gasteiger partial charge >= 0.3 is 5.63 Å². The van der Waals surface area contributed by atoms with Gasteiger partial charge in [-0.05, 0) is 43.5 Å². The van der Waals surface area contributed by atoms with Gasteiger partial charge in [0.2, 0.25) is 0 Å². The van der Waals surface area contributed by atoms with E-state index in [1.165, 1.54) is 6.07 Å². The summed E-state index contributed by atoms with van der Waals surface area (Å²) in [6.45, 7) is 1.21. The number of aliphatic hydroxyl groups excluding tert-OH is 1. The van der Waals surface area contributed by atoms with E-state index in [0.29, 0.717) is 30.3 Å². The zero-order valence-electron chi connectivity index (χ0n) is 12.9. The molecule has 1 N–H and O–H groups in total. The van der Waals surface area contributed by atoms with E-state index < -0.39 is 0 Å². The third-order valence-corrected chi connectivity index (χ3v) is 4.14. The van der Waals surface area contributed by atoms with Gasteiger partial charge in [0.25, 0.3) is 0 Å². The molecule has 1 atom stereocenters. The second-order valence-electron chi connectivity index (χ2n) is 6.05. The normalized spacial score (nSPS) is 16.2. The third kappa shape index (κ3) is 3.31. The number of likely N-dealkylation sites (N-methyl/N-ethyl adjacent to an activating group) is 1. The molecule has 1 heterocycles. The molecule has 0 saturated heterocycles. The van der Waals surface area contributed by atoms with Crippen molar-refractivity contribution in [2.24, 2.45) is 5.92 Å². The molecule has 1 fully saturated rings. The Morgan fingerprint density at radius 1 is 1.41 bits per heavy atom. The fourth-order valence-corrected chi connectivity index (χ4v) is 2.77. The maximum Gasteiger partial charge on any atom is 0.336 e. The van der Waals surface area contributed by atoms with Crippen LogP contribution in [0.2, 0.25) is 0 Å². The Morgan fingerprint density at radius 2 is 2.18 bits per heavy atom. The first-order valence-electron chi connectivity index (χ1n) is 7.54. The second kappa shape index (κ2) is 6.10. The van der Waals surface area contributed by atoms with Crippen molar-refractivity contribution in [1.82, 2.24) is 4.90 Å². The molecule has 0 spiro atoms. The van der Waals surface area contributed by atoms with Crippen LogP contribution in [0.25, 0.3) is 11.0 Å². The van der Waals surface area contributed by atoms with E-state index in [9.17, 15) is 9.90 Å². The van der Waals surface area contributed by atoms with Crippen molar-refractivity contribution in [3.8, 4) is 5.75 Å². The number of aliphatic hydroxyl groups is 1. The van der Waals surface area contributed by atoms with Crippen LogP contribution in [0.15, 0.2) is 33.5 Å². The van der Waals surface area contributed by atoms with E-state index >= 15 is 0 Å². The van der Waals surface area contributed by atoms with Crippen molar-refractivity contribution in [3.63, 3.8) is 0 Å². The summed E-state index contributed by atoms with van der Waals surface area (Å²) in [6, 6.07) is 7.00. The summed E-state index contributed by atoms with van der Waals surface area (Å²) in [5.74, 6) is 1.11. The number of ether oxygens (including phenoxy) is 1. The van der Waals surface area contributed by atoms with Gasteiger partial charge in [-0.15, -0.1) is 0 Å². The lowest BCUT2D eigenvalue weighted by molar-refractivity contribution is 0.104. The van der Waals surface area contributed by atoms with Gasteiger partial charge in [0.15, 0.2) is 0 Å². The van der Waals surface area contributed by atoms with Crippen LogP contribution in [0.3, 0.4) is 0 Å². The quantitative estimate of drug-likeness (QED) is 0.827. The number of hydrogen-bond donors (Lipinski definition) is 1. The molecule has 5 nitrogen and oxygen atoms in total. The van der Waals surface area contributed by atoms with Crippen LogP contribution in [0.5, 0.6) is 5.75 Å². The molecule has 0 bridgehead atoms. The molecule has 1 aliphatic rings. The zero-order valence-corrected chi connectivity index (χ0v) is 12.9. The lowest BCUT2D eigenvalue weighted by Crippen LogP contribution is -2.30. The second-order valence-corrected chi connectivity index (χ2v) is 6.05. The smallest absolute Gasteiger partial charge is 0.336 e. The SMILES string of the molecule is COc1ccc2c(CN(C)CC(O)C3CC3)cc(=O)oc2c1. The summed E-state index contributed by atoms with van der Waals surface area (Å²) in [6.07, 6.45) is 1.95. The molecule has 1 aromatic carbocycles. The van der Waals surface area contributed by atoms with Gasteiger partial charge in [-0.25, -0.2) is 4.79 Å². The molecule has 1 saturated carbocycles. The van der Waals surface area contributed by atoms with Gasteiger partial charge in [-0.1, -0.05) is 0 Å². The molecule has 2 aromatic rings. The monoisotopic (exact) mass is 303 g/mol. The Balaban J connectivity index is 1.84. The van der Waals surface area contributed by atoms with Crippen molar-refractivity contribution in [1.29, 1.82) is 0 Å². The fraction of sp³-hybridized carbons (Fsp3) is 0.471. The molecule has 118 valence electrons. The molecule has 1 aliphatic carbocycles. The summed E-state index contributed by atoms with van der Waals surface area (Å²) < 4.78 is 10.4. The Kier molecular flexibility index (Phi) is 4.18. The van der Waals surface area contributed by atoms with Gasteiger partial charge in [-0.2, -0.15) is 0 Å². The number of benzene rings is 1. The Morgan fingerprint density at radius 3 is 2.86 bits per heavy atom. The maximum absolute atomic E-state index is 11.8. The molecule has 22 heavy (non-hydrogen) atoms. The average molecular weight is 303 g/mol. The van der Waals surface area contributed by atoms with E-state index in [0.717, 1.165) is 23.8 Å². The summed E-state index contributed by atoms with van der Waals surface area (Å²) in [5, 5.41) is 10.9. The highest BCUT2D eigenvalue weighted by molar-refractivity contribution is 5.81. The standard InChI is InChI=1S/C17H21NO4/c1-18(10-15(19)11-3-4-11)9-12-7-17(20)22-16-8-13(21-2)5-6-14(12)16/h5-8,11,15,19H,3-4,9-10H2,1-2H3. The molecular formula is C17H21NO4. The van der Waals surface area contributed by atoms with E-state index in [1.54, 1.807) is 13.2 Å². The minimum absolute atomic E-state index is 0.281. The van der Waals surface area contributed by atoms with Crippen LogP contribution in [-0.2, 0) is 6.54 Å². The largest absolute Gasteiger partial charge is 0.497 e. The molecule has 3 rings (SSSR count). The van der Waals surface area contributed by atoms with Crippen LogP contribution in [0.4, 0.5) is 0 Å². The van der Waals surface area contributed by atoms with Crippen LogP contribution >= 0.6 is 0 Å². The summed E-state index contributed by atoms with van der Waals surface area (Å²) in [5.41, 5.74) is 1.06. The summed E-state index contributed by atoms with van der Waals surface area (Å²) in [4.78, 5) is 13.8. The minimum atomic E-state index is -0.369. The number of rotatable bonds is 6. The van der Waals surface area contributed by atoms with Crippen LogP contribution in [0.1, 0.15) is 18.4 Å².